The van der Waals surface area contributed by atoms with Gasteiger partial charge in [-0.15, -0.1) is 0 Å². The van der Waals surface area contributed by atoms with E-state index >= 15 is 0 Å². The largest absolute Gasteiger partial charge is 0.504 e. The Labute approximate surface area is 147 Å². The normalized spacial score (nSPS) is 20.1. The molecule has 23 heavy (non-hydrogen) atoms. The van der Waals surface area contributed by atoms with Crippen LogP contribution in [0.2, 0.25) is 0 Å². The molecule has 0 aliphatic carbocycles. The van der Waals surface area contributed by atoms with E-state index in [4.69, 9.17) is 4.74 Å². The third kappa shape index (κ3) is 3.55. The SMILES string of the molecule is COc1cc(Br)c(/C=C2\SC(N3CCCCC3)=NC2=O)cc1O. The van der Waals surface area contributed by atoms with Gasteiger partial charge in [0.05, 0.1) is 12.0 Å². The quantitative estimate of drug-likeness (QED) is 0.773. The molecule has 2 aliphatic rings. The summed E-state index contributed by atoms with van der Waals surface area (Å²) < 4.78 is 5.82. The van der Waals surface area contributed by atoms with Gasteiger partial charge in [0, 0.05) is 17.6 Å². The Balaban J connectivity index is 1.82. The minimum Gasteiger partial charge on any atom is -0.504 e. The zero-order chi connectivity index (χ0) is 16.4. The fraction of sp³-hybridized carbons (Fsp3) is 0.375. The number of amidine groups is 1. The Morgan fingerprint density at radius 1 is 1.35 bits per heavy atom. The number of aliphatic imine (C=N–C) groups is 1. The number of phenols is 1. The van der Waals surface area contributed by atoms with Crippen LogP contribution in [0.5, 0.6) is 11.5 Å². The third-order valence-corrected chi connectivity index (χ3v) is 5.55. The number of hydrogen-bond acceptors (Lipinski definition) is 5. The van der Waals surface area contributed by atoms with Crippen molar-refractivity contribution in [3.05, 3.63) is 27.1 Å². The molecule has 0 saturated carbocycles. The van der Waals surface area contributed by atoms with Gasteiger partial charge in [-0.05, 0) is 54.8 Å². The zero-order valence-electron chi connectivity index (χ0n) is 12.7. The number of nitrogens with zero attached hydrogens (tertiary/aromatic N) is 2. The van der Waals surface area contributed by atoms with Crippen LogP contribution in [0.25, 0.3) is 6.08 Å². The van der Waals surface area contributed by atoms with Crippen molar-refractivity contribution in [2.75, 3.05) is 20.2 Å². The molecule has 1 N–H and O–H groups in total. The summed E-state index contributed by atoms with van der Waals surface area (Å²) in [5, 5.41) is 10.7. The molecule has 5 nitrogen and oxygen atoms in total. The number of likely N-dealkylation sites (tertiary alicyclic amines) is 1. The Bertz CT molecular complexity index is 697. The van der Waals surface area contributed by atoms with E-state index in [0.717, 1.165) is 35.6 Å². The van der Waals surface area contributed by atoms with Crippen LogP contribution in [0.3, 0.4) is 0 Å². The van der Waals surface area contributed by atoms with Crippen molar-refractivity contribution in [3.63, 3.8) is 0 Å². The molecule has 2 heterocycles. The lowest BCUT2D eigenvalue weighted by atomic mass is 10.1. The first kappa shape index (κ1) is 16.4. The molecule has 0 spiro atoms. The highest BCUT2D eigenvalue weighted by atomic mass is 79.9. The molecule has 1 amide bonds. The van der Waals surface area contributed by atoms with Gasteiger partial charge < -0.3 is 14.7 Å². The molecule has 1 saturated heterocycles. The van der Waals surface area contributed by atoms with Crippen LogP contribution in [0, 0.1) is 0 Å². The van der Waals surface area contributed by atoms with Gasteiger partial charge in [-0.2, -0.15) is 4.99 Å². The number of hydrogen-bond donors (Lipinski definition) is 1. The van der Waals surface area contributed by atoms with E-state index in [0.29, 0.717) is 16.2 Å². The maximum Gasteiger partial charge on any atom is 0.286 e. The molecule has 122 valence electrons. The fourth-order valence-electron chi connectivity index (χ4n) is 2.59. The molecule has 1 aromatic rings. The summed E-state index contributed by atoms with van der Waals surface area (Å²) in [6.45, 7) is 1.92. The monoisotopic (exact) mass is 396 g/mol. The molecule has 7 heteroatoms. The van der Waals surface area contributed by atoms with Gasteiger partial charge in [-0.3, -0.25) is 4.79 Å². The zero-order valence-corrected chi connectivity index (χ0v) is 15.1. The lowest BCUT2D eigenvalue weighted by molar-refractivity contribution is -0.113. The number of amides is 1. The Morgan fingerprint density at radius 3 is 2.78 bits per heavy atom. The molecular weight excluding hydrogens is 380 g/mol. The van der Waals surface area contributed by atoms with E-state index in [1.54, 1.807) is 18.2 Å². The number of benzene rings is 1. The lowest BCUT2D eigenvalue weighted by Gasteiger charge is -2.27. The van der Waals surface area contributed by atoms with Crippen molar-refractivity contribution >= 4 is 44.8 Å². The highest BCUT2D eigenvalue weighted by Gasteiger charge is 2.27. The average Bonchev–Trinajstić information content (AvgIpc) is 2.92. The molecule has 0 aromatic heterocycles. The minimum absolute atomic E-state index is 0.0372. The summed E-state index contributed by atoms with van der Waals surface area (Å²) in [5.41, 5.74) is 0.717. The van der Waals surface area contributed by atoms with Crippen LogP contribution in [0.1, 0.15) is 24.8 Å². The van der Waals surface area contributed by atoms with E-state index in [9.17, 15) is 9.90 Å². The minimum atomic E-state index is -0.224. The van der Waals surface area contributed by atoms with E-state index in [-0.39, 0.29) is 11.7 Å². The number of thioether (sulfide) groups is 1. The van der Waals surface area contributed by atoms with Gasteiger partial charge in [0.15, 0.2) is 16.7 Å². The first-order valence-corrected chi connectivity index (χ1v) is 9.03. The number of ether oxygens (including phenoxy) is 1. The molecule has 0 unspecified atom stereocenters. The summed E-state index contributed by atoms with van der Waals surface area (Å²) in [5.74, 6) is 0.197. The van der Waals surface area contributed by atoms with Gasteiger partial charge in [-0.25, -0.2) is 0 Å². The first-order chi connectivity index (χ1) is 11.1. The fourth-order valence-corrected chi connectivity index (χ4v) is 3.99. The standard InChI is InChI=1S/C16H17BrN2O3S/c1-22-13-9-11(17)10(7-12(13)20)8-14-15(21)18-16(23-14)19-5-3-2-4-6-19/h7-9,20H,2-6H2,1H3/b14-8-. The predicted octanol–water partition coefficient (Wildman–Crippen LogP) is 3.62. The van der Waals surface area contributed by atoms with E-state index in [1.165, 1.54) is 25.3 Å². The molecule has 0 atom stereocenters. The lowest BCUT2D eigenvalue weighted by Crippen LogP contribution is -2.33. The number of carbonyl (C=O) groups is 1. The Hall–Kier alpha value is -1.47. The van der Waals surface area contributed by atoms with Crippen molar-refractivity contribution < 1.29 is 14.6 Å². The molecule has 3 rings (SSSR count). The van der Waals surface area contributed by atoms with E-state index in [1.807, 2.05) is 0 Å². The van der Waals surface area contributed by atoms with E-state index < -0.39 is 0 Å². The summed E-state index contributed by atoms with van der Waals surface area (Å²) in [4.78, 5) is 19.1. The van der Waals surface area contributed by atoms with Crippen molar-refractivity contribution in [1.29, 1.82) is 0 Å². The van der Waals surface area contributed by atoms with Crippen molar-refractivity contribution in [2.45, 2.75) is 19.3 Å². The third-order valence-electron chi connectivity index (χ3n) is 3.82. The smallest absolute Gasteiger partial charge is 0.286 e. The number of halogens is 1. The second-order valence-corrected chi connectivity index (χ2v) is 7.27. The number of phenolic OH excluding ortho intramolecular Hbond substituents is 1. The van der Waals surface area contributed by atoms with Gasteiger partial charge >= 0.3 is 0 Å². The summed E-state index contributed by atoms with van der Waals surface area (Å²) in [7, 11) is 1.49. The van der Waals surface area contributed by atoms with Gasteiger partial charge in [0.1, 0.15) is 0 Å². The van der Waals surface area contributed by atoms with Crippen LogP contribution in [-0.2, 0) is 4.79 Å². The maximum atomic E-state index is 12.1. The second kappa shape index (κ2) is 6.97. The van der Waals surface area contributed by atoms with Gasteiger partial charge in [-0.1, -0.05) is 15.9 Å². The van der Waals surface area contributed by atoms with Crippen molar-refractivity contribution in [1.82, 2.24) is 4.90 Å². The molecule has 1 fully saturated rings. The first-order valence-electron chi connectivity index (χ1n) is 7.42. The predicted molar refractivity (Wildman–Crippen MR) is 95.8 cm³/mol. The summed E-state index contributed by atoms with van der Waals surface area (Å²) in [6.07, 6.45) is 5.27. The van der Waals surface area contributed by atoms with Gasteiger partial charge in [0.2, 0.25) is 0 Å². The number of aromatic hydroxyl groups is 1. The van der Waals surface area contributed by atoms with Crippen LogP contribution in [0.4, 0.5) is 0 Å². The van der Waals surface area contributed by atoms with Crippen LogP contribution < -0.4 is 4.74 Å². The van der Waals surface area contributed by atoms with Crippen molar-refractivity contribution in [2.24, 2.45) is 4.99 Å². The second-order valence-electron chi connectivity index (χ2n) is 5.40. The summed E-state index contributed by atoms with van der Waals surface area (Å²) in [6, 6.07) is 3.25. The molecule has 1 aromatic carbocycles. The summed E-state index contributed by atoms with van der Waals surface area (Å²) >= 11 is 4.84. The van der Waals surface area contributed by atoms with Crippen LogP contribution in [0.15, 0.2) is 26.5 Å². The molecule has 0 radical (unpaired) electrons. The number of rotatable bonds is 2. The molecular formula is C16H17BrN2O3S. The average molecular weight is 397 g/mol. The molecule has 0 bridgehead atoms. The van der Waals surface area contributed by atoms with E-state index in [2.05, 4.69) is 25.8 Å². The Morgan fingerprint density at radius 2 is 2.09 bits per heavy atom. The highest BCUT2D eigenvalue weighted by molar-refractivity contribution is 9.10. The number of piperidine rings is 1. The maximum absolute atomic E-state index is 12.1. The number of carbonyl (C=O) groups excluding carboxylic acids is 1. The van der Waals surface area contributed by atoms with Crippen LogP contribution >= 0.6 is 27.7 Å². The van der Waals surface area contributed by atoms with Crippen LogP contribution in [-0.4, -0.2) is 41.3 Å². The van der Waals surface area contributed by atoms with Crippen molar-refractivity contribution in [3.8, 4) is 11.5 Å². The molecule has 2 aliphatic heterocycles. The van der Waals surface area contributed by atoms with Gasteiger partial charge in [0.25, 0.3) is 5.91 Å². The highest BCUT2D eigenvalue weighted by Crippen LogP contribution is 2.36. The topological polar surface area (TPSA) is 62.1 Å². The number of methoxy groups -OCH3 is 1. The Kier molecular flexibility index (Phi) is 4.96.